The van der Waals surface area contributed by atoms with Crippen LogP contribution in [0.25, 0.3) is 0 Å². The Bertz CT molecular complexity index is 418. The number of nitrogens with two attached hydrogens (primary N) is 2. The van der Waals surface area contributed by atoms with Crippen LogP contribution in [0.4, 0.5) is 0 Å². The van der Waals surface area contributed by atoms with Gasteiger partial charge in [-0.05, 0) is 17.0 Å². The average Bonchev–Trinajstić information content (AvgIpc) is 2.44. The highest BCUT2D eigenvalue weighted by Gasteiger charge is 2.14. The lowest BCUT2D eigenvalue weighted by atomic mass is 9.99. The minimum absolute atomic E-state index is 0.199. The Morgan fingerprint density at radius 2 is 1.75 bits per heavy atom. The predicted octanol–water partition coefficient (Wildman–Crippen LogP) is 0.900. The first-order valence-corrected chi connectivity index (χ1v) is 6.83. The van der Waals surface area contributed by atoms with Crippen molar-refractivity contribution in [3.63, 3.8) is 0 Å². The molecule has 1 aromatic rings. The fourth-order valence-electron chi connectivity index (χ4n) is 1.84. The van der Waals surface area contributed by atoms with Crippen LogP contribution >= 0.6 is 0 Å². The standard InChI is InChI=1S/C15H25N3O2/c1-10(2)11-4-6-12(7-5-11)13(16)8-18-15(19)14(17)9-20-3/h4-7,10,13-14H,8-9,16-17H2,1-3H3,(H,18,19). The van der Waals surface area contributed by atoms with Crippen LogP contribution < -0.4 is 16.8 Å². The SMILES string of the molecule is COCC(N)C(=O)NCC(N)c1ccc(C(C)C)cc1. The molecular weight excluding hydrogens is 254 g/mol. The third-order valence-electron chi connectivity index (χ3n) is 3.21. The summed E-state index contributed by atoms with van der Waals surface area (Å²) in [4.78, 5) is 11.6. The molecule has 1 rings (SSSR count). The van der Waals surface area contributed by atoms with Crippen molar-refractivity contribution in [2.24, 2.45) is 11.5 Å². The molecule has 0 saturated carbocycles. The number of benzene rings is 1. The van der Waals surface area contributed by atoms with Crippen LogP contribution in [0.2, 0.25) is 0 Å². The highest BCUT2D eigenvalue weighted by molar-refractivity contribution is 5.81. The molecule has 0 fully saturated rings. The minimum Gasteiger partial charge on any atom is -0.383 e. The molecule has 1 aromatic carbocycles. The Morgan fingerprint density at radius 1 is 1.20 bits per heavy atom. The maximum Gasteiger partial charge on any atom is 0.239 e. The van der Waals surface area contributed by atoms with Gasteiger partial charge in [0.25, 0.3) is 0 Å². The number of ether oxygens (including phenoxy) is 1. The Balaban J connectivity index is 2.50. The van der Waals surface area contributed by atoms with Gasteiger partial charge in [0.2, 0.25) is 5.91 Å². The van der Waals surface area contributed by atoms with Gasteiger partial charge in [0.1, 0.15) is 6.04 Å². The quantitative estimate of drug-likeness (QED) is 0.691. The normalized spacial score (nSPS) is 14.1. The van der Waals surface area contributed by atoms with Crippen molar-refractivity contribution >= 4 is 5.91 Å². The summed E-state index contributed by atoms with van der Waals surface area (Å²) in [6.07, 6.45) is 0. The second kappa shape index (κ2) is 7.99. The van der Waals surface area contributed by atoms with Gasteiger partial charge in [0.05, 0.1) is 6.61 Å². The fraction of sp³-hybridized carbons (Fsp3) is 0.533. The first kappa shape index (κ1) is 16.6. The van der Waals surface area contributed by atoms with E-state index >= 15 is 0 Å². The van der Waals surface area contributed by atoms with Gasteiger partial charge in [-0.15, -0.1) is 0 Å². The van der Waals surface area contributed by atoms with Crippen molar-refractivity contribution in [1.29, 1.82) is 0 Å². The van der Waals surface area contributed by atoms with E-state index in [1.54, 1.807) is 0 Å². The molecule has 0 aliphatic heterocycles. The molecule has 1 amide bonds. The lowest BCUT2D eigenvalue weighted by Gasteiger charge is -2.16. The number of rotatable bonds is 7. The number of hydrogen-bond acceptors (Lipinski definition) is 4. The van der Waals surface area contributed by atoms with E-state index in [2.05, 4.69) is 31.3 Å². The second-order valence-corrected chi connectivity index (χ2v) is 5.23. The van der Waals surface area contributed by atoms with E-state index in [1.807, 2.05) is 12.1 Å². The van der Waals surface area contributed by atoms with E-state index < -0.39 is 6.04 Å². The van der Waals surface area contributed by atoms with Crippen LogP contribution in [0.15, 0.2) is 24.3 Å². The average molecular weight is 279 g/mol. The zero-order chi connectivity index (χ0) is 15.1. The van der Waals surface area contributed by atoms with Crippen LogP contribution in [0.5, 0.6) is 0 Å². The van der Waals surface area contributed by atoms with Crippen LogP contribution in [0, 0.1) is 0 Å². The van der Waals surface area contributed by atoms with Crippen LogP contribution in [-0.2, 0) is 9.53 Å². The van der Waals surface area contributed by atoms with E-state index in [1.165, 1.54) is 12.7 Å². The summed E-state index contributed by atoms with van der Waals surface area (Å²) in [6, 6.07) is 7.24. The van der Waals surface area contributed by atoms with Gasteiger partial charge in [-0.2, -0.15) is 0 Å². The molecule has 0 aliphatic carbocycles. The smallest absolute Gasteiger partial charge is 0.239 e. The highest BCUT2D eigenvalue weighted by atomic mass is 16.5. The van der Waals surface area contributed by atoms with Crippen molar-refractivity contribution < 1.29 is 9.53 Å². The van der Waals surface area contributed by atoms with Gasteiger partial charge in [-0.1, -0.05) is 38.1 Å². The molecule has 0 heterocycles. The lowest BCUT2D eigenvalue weighted by molar-refractivity contribution is -0.123. The molecule has 5 heteroatoms. The second-order valence-electron chi connectivity index (χ2n) is 5.23. The van der Waals surface area contributed by atoms with Crippen molar-refractivity contribution in [1.82, 2.24) is 5.32 Å². The third kappa shape index (κ3) is 4.92. The minimum atomic E-state index is -0.657. The lowest BCUT2D eigenvalue weighted by Crippen LogP contribution is -2.45. The molecule has 0 aromatic heterocycles. The molecule has 0 bridgehead atoms. The Kier molecular flexibility index (Phi) is 6.64. The van der Waals surface area contributed by atoms with E-state index in [-0.39, 0.29) is 18.6 Å². The van der Waals surface area contributed by atoms with Gasteiger partial charge in [0, 0.05) is 19.7 Å². The molecule has 5 N–H and O–H groups in total. The van der Waals surface area contributed by atoms with Crippen LogP contribution in [0.3, 0.4) is 0 Å². The van der Waals surface area contributed by atoms with Gasteiger partial charge >= 0.3 is 0 Å². The number of methoxy groups -OCH3 is 1. The van der Waals surface area contributed by atoms with Gasteiger partial charge in [-0.25, -0.2) is 0 Å². The molecule has 0 radical (unpaired) electrons. The van der Waals surface area contributed by atoms with Gasteiger partial charge < -0.3 is 21.5 Å². The monoisotopic (exact) mass is 279 g/mol. The number of amides is 1. The van der Waals surface area contributed by atoms with Gasteiger partial charge in [0.15, 0.2) is 0 Å². The van der Waals surface area contributed by atoms with Crippen molar-refractivity contribution in [3.05, 3.63) is 35.4 Å². The highest BCUT2D eigenvalue weighted by Crippen LogP contribution is 2.17. The molecular formula is C15H25N3O2. The fourth-order valence-corrected chi connectivity index (χ4v) is 1.84. The number of carbonyl (C=O) groups excluding carboxylic acids is 1. The number of hydrogen-bond donors (Lipinski definition) is 3. The zero-order valence-electron chi connectivity index (χ0n) is 12.4. The molecule has 0 spiro atoms. The summed E-state index contributed by atoms with van der Waals surface area (Å²) in [5, 5.41) is 2.73. The topological polar surface area (TPSA) is 90.4 Å². The van der Waals surface area contributed by atoms with Crippen LogP contribution in [0.1, 0.15) is 36.9 Å². The van der Waals surface area contributed by atoms with Crippen molar-refractivity contribution in [2.75, 3.05) is 20.3 Å². The molecule has 2 unspecified atom stereocenters. The summed E-state index contributed by atoms with van der Waals surface area (Å²) in [5.74, 6) is 0.244. The Hall–Kier alpha value is -1.43. The summed E-state index contributed by atoms with van der Waals surface area (Å²) in [5.41, 5.74) is 14.0. The van der Waals surface area contributed by atoms with E-state index in [0.29, 0.717) is 12.5 Å². The summed E-state index contributed by atoms with van der Waals surface area (Å²) < 4.78 is 4.83. The first-order valence-electron chi connectivity index (χ1n) is 6.83. The Morgan fingerprint density at radius 3 is 2.25 bits per heavy atom. The third-order valence-corrected chi connectivity index (χ3v) is 3.21. The number of nitrogens with one attached hydrogen (secondary N) is 1. The molecule has 5 nitrogen and oxygen atoms in total. The predicted molar refractivity (Wildman–Crippen MR) is 80.3 cm³/mol. The molecule has 0 aliphatic rings. The first-order chi connectivity index (χ1) is 9.45. The molecule has 20 heavy (non-hydrogen) atoms. The summed E-state index contributed by atoms with van der Waals surface area (Å²) in [6.45, 7) is 4.85. The number of carbonyl (C=O) groups is 1. The maximum atomic E-state index is 11.6. The molecule has 112 valence electrons. The molecule has 0 saturated heterocycles. The van der Waals surface area contributed by atoms with Gasteiger partial charge in [-0.3, -0.25) is 4.79 Å². The summed E-state index contributed by atoms with van der Waals surface area (Å²) in [7, 11) is 1.51. The maximum absolute atomic E-state index is 11.6. The summed E-state index contributed by atoms with van der Waals surface area (Å²) >= 11 is 0. The zero-order valence-corrected chi connectivity index (χ0v) is 12.4. The Labute approximate surface area is 120 Å². The van der Waals surface area contributed by atoms with Crippen molar-refractivity contribution in [2.45, 2.75) is 31.8 Å². The van der Waals surface area contributed by atoms with E-state index in [9.17, 15) is 4.79 Å². The molecule has 2 atom stereocenters. The van der Waals surface area contributed by atoms with Crippen molar-refractivity contribution in [3.8, 4) is 0 Å². The largest absolute Gasteiger partial charge is 0.383 e. The van der Waals surface area contributed by atoms with E-state index in [4.69, 9.17) is 16.2 Å². The van der Waals surface area contributed by atoms with E-state index in [0.717, 1.165) is 5.56 Å². The van der Waals surface area contributed by atoms with Crippen LogP contribution in [-0.4, -0.2) is 32.2 Å².